The third kappa shape index (κ3) is 3.25. The van der Waals surface area contributed by atoms with Gasteiger partial charge in [0.05, 0.1) is 24.7 Å². The first kappa shape index (κ1) is 16.3. The first-order chi connectivity index (χ1) is 9.66. The van der Waals surface area contributed by atoms with Crippen molar-refractivity contribution < 1.29 is 18.8 Å². The highest BCUT2D eigenvalue weighted by Crippen LogP contribution is 2.37. The number of hydrogen-bond acceptors (Lipinski definition) is 4. The number of carbonyl (C=O) groups excluding carboxylic acids is 1. The van der Waals surface area contributed by atoms with Crippen LogP contribution in [0.1, 0.15) is 33.3 Å². The van der Waals surface area contributed by atoms with Gasteiger partial charge >= 0.3 is 13.1 Å². The average molecular weight is 311 g/mol. The molecule has 1 fully saturated rings. The van der Waals surface area contributed by atoms with Gasteiger partial charge in [-0.25, -0.2) is 0 Å². The molecular weight excluding hydrogens is 290 g/mol. The lowest BCUT2D eigenvalue weighted by Gasteiger charge is -2.32. The van der Waals surface area contributed by atoms with Crippen LogP contribution in [0.3, 0.4) is 0 Å². The topological polar surface area (TPSA) is 44.8 Å². The fraction of sp³-hybridized carbons (Fsp3) is 0.533. The number of methoxy groups -OCH3 is 1. The Balaban J connectivity index is 2.28. The van der Waals surface area contributed by atoms with Crippen LogP contribution in [0.5, 0.6) is 0 Å². The average Bonchev–Trinajstić information content (AvgIpc) is 2.60. The van der Waals surface area contributed by atoms with E-state index >= 15 is 0 Å². The van der Waals surface area contributed by atoms with Crippen molar-refractivity contribution >= 4 is 30.2 Å². The van der Waals surface area contributed by atoms with E-state index < -0.39 is 18.3 Å². The maximum Gasteiger partial charge on any atom is 0.496 e. The van der Waals surface area contributed by atoms with Gasteiger partial charge in [0.2, 0.25) is 0 Å². The second-order valence-electron chi connectivity index (χ2n) is 6.20. The maximum atomic E-state index is 11.4. The molecule has 0 radical (unpaired) electrons. The molecule has 0 unspecified atom stereocenters. The van der Waals surface area contributed by atoms with Crippen molar-refractivity contribution in [3.63, 3.8) is 0 Å². The summed E-state index contributed by atoms with van der Waals surface area (Å²) in [5.41, 5.74) is 0.686. The van der Waals surface area contributed by atoms with Gasteiger partial charge < -0.3 is 14.0 Å². The summed E-state index contributed by atoms with van der Waals surface area (Å²) < 4.78 is 16.7. The Morgan fingerprint density at radius 3 is 2.33 bits per heavy atom. The molecule has 1 heterocycles. The molecule has 1 aliphatic heterocycles. The van der Waals surface area contributed by atoms with Crippen molar-refractivity contribution in [2.24, 2.45) is 0 Å². The quantitative estimate of drug-likeness (QED) is 0.635. The Kier molecular flexibility index (Phi) is 4.38. The van der Waals surface area contributed by atoms with Crippen LogP contribution in [0.15, 0.2) is 18.2 Å². The van der Waals surface area contributed by atoms with E-state index in [2.05, 4.69) is 4.74 Å². The SMILES string of the molecule is COC(=O)Cc1ccc(Cl)c(B2OC(C)(C)C(C)(C)O2)c1. The number of rotatable bonds is 3. The third-order valence-corrected chi connectivity index (χ3v) is 4.49. The Hall–Kier alpha value is -1.04. The summed E-state index contributed by atoms with van der Waals surface area (Å²) in [7, 11) is 0.827. The molecule has 114 valence electrons. The molecule has 0 saturated carbocycles. The maximum absolute atomic E-state index is 11.4. The van der Waals surface area contributed by atoms with Gasteiger partial charge in [-0.15, -0.1) is 0 Å². The normalized spacial score (nSPS) is 19.6. The monoisotopic (exact) mass is 310 g/mol. The zero-order valence-corrected chi connectivity index (χ0v) is 13.8. The van der Waals surface area contributed by atoms with Gasteiger partial charge in [0, 0.05) is 10.5 Å². The van der Waals surface area contributed by atoms with Gasteiger partial charge in [0.15, 0.2) is 0 Å². The van der Waals surface area contributed by atoms with Gasteiger partial charge in [-0.2, -0.15) is 0 Å². The second-order valence-corrected chi connectivity index (χ2v) is 6.60. The predicted molar refractivity (Wildman–Crippen MR) is 82.9 cm³/mol. The van der Waals surface area contributed by atoms with E-state index in [1.165, 1.54) is 7.11 Å². The molecule has 0 amide bonds. The highest BCUT2D eigenvalue weighted by atomic mass is 35.5. The minimum absolute atomic E-state index is 0.195. The Morgan fingerprint density at radius 2 is 1.81 bits per heavy atom. The fourth-order valence-electron chi connectivity index (χ4n) is 2.09. The van der Waals surface area contributed by atoms with E-state index in [1.54, 1.807) is 12.1 Å². The standard InChI is InChI=1S/C15H20BClO4/c1-14(2)15(3,4)21-16(20-14)11-8-10(6-7-12(11)17)9-13(18)19-5/h6-8H,9H2,1-5H3. The largest absolute Gasteiger partial charge is 0.496 e. The van der Waals surface area contributed by atoms with Crippen LogP contribution in [-0.2, 0) is 25.3 Å². The van der Waals surface area contributed by atoms with Crippen molar-refractivity contribution in [2.75, 3.05) is 7.11 Å². The van der Waals surface area contributed by atoms with E-state index in [1.807, 2.05) is 33.8 Å². The molecule has 6 heteroatoms. The van der Waals surface area contributed by atoms with E-state index in [9.17, 15) is 4.79 Å². The summed E-state index contributed by atoms with van der Waals surface area (Å²) in [5.74, 6) is -0.294. The summed E-state index contributed by atoms with van der Waals surface area (Å²) in [6, 6.07) is 5.38. The minimum Gasteiger partial charge on any atom is -0.469 e. The number of benzene rings is 1. The highest BCUT2D eigenvalue weighted by Gasteiger charge is 2.52. The molecule has 21 heavy (non-hydrogen) atoms. The molecule has 0 N–H and O–H groups in total. The summed E-state index contributed by atoms with van der Waals surface area (Å²) in [4.78, 5) is 11.4. The number of halogens is 1. The Morgan fingerprint density at radius 1 is 1.24 bits per heavy atom. The Labute approximate surface area is 130 Å². The molecule has 0 aliphatic carbocycles. The van der Waals surface area contributed by atoms with Gasteiger partial charge in [0.1, 0.15) is 0 Å². The predicted octanol–water partition coefficient (Wildman–Crippen LogP) is 2.35. The number of esters is 1. The zero-order chi connectivity index (χ0) is 15.8. The van der Waals surface area contributed by atoms with Crippen molar-refractivity contribution in [3.05, 3.63) is 28.8 Å². The second kappa shape index (κ2) is 5.63. The molecule has 2 rings (SSSR count). The summed E-state index contributed by atoms with van der Waals surface area (Å²) in [6.07, 6.45) is 0.195. The zero-order valence-electron chi connectivity index (χ0n) is 13.0. The number of hydrogen-bond donors (Lipinski definition) is 0. The van der Waals surface area contributed by atoms with Crippen molar-refractivity contribution in [1.82, 2.24) is 0 Å². The van der Waals surface area contributed by atoms with Crippen LogP contribution in [0.25, 0.3) is 0 Å². The third-order valence-electron chi connectivity index (χ3n) is 4.14. The fourth-order valence-corrected chi connectivity index (χ4v) is 2.30. The molecular formula is C15H20BClO4. The lowest BCUT2D eigenvalue weighted by atomic mass is 9.78. The first-order valence-corrected chi connectivity index (χ1v) is 7.25. The van der Waals surface area contributed by atoms with E-state index in [0.717, 1.165) is 11.0 Å². The van der Waals surface area contributed by atoms with Crippen molar-refractivity contribution in [3.8, 4) is 0 Å². The number of carbonyl (C=O) groups is 1. The van der Waals surface area contributed by atoms with Crippen LogP contribution in [0, 0.1) is 0 Å². The molecule has 0 atom stereocenters. The van der Waals surface area contributed by atoms with Crippen LogP contribution in [-0.4, -0.2) is 31.4 Å². The molecule has 0 spiro atoms. The van der Waals surface area contributed by atoms with E-state index in [-0.39, 0.29) is 12.4 Å². The van der Waals surface area contributed by atoms with Gasteiger partial charge in [-0.05, 0) is 39.3 Å². The smallest absolute Gasteiger partial charge is 0.469 e. The summed E-state index contributed by atoms with van der Waals surface area (Å²) in [6.45, 7) is 7.94. The van der Waals surface area contributed by atoms with Crippen LogP contribution >= 0.6 is 11.6 Å². The summed E-state index contributed by atoms with van der Waals surface area (Å²) >= 11 is 6.26. The van der Waals surface area contributed by atoms with Crippen LogP contribution < -0.4 is 5.46 Å². The first-order valence-electron chi connectivity index (χ1n) is 6.87. The van der Waals surface area contributed by atoms with Gasteiger partial charge in [-0.3, -0.25) is 4.79 Å². The Bertz CT molecular complexity index is 541. The summed E-state index contributed by atoms with van der Waals surface area (Å²) in [5, 5.41) is 0.558. The van der Waals surface area contributed by atoms with Gasteiger partial charge in [0.25, 0.3) is 0 Å². The van der Waals surface area contributed by atoms with E-state index in [0.29, 0.717) is 5.02 Å². The molecule has 1 aromatic carbocycles. The van der Waals surface area contributed by atoms with E-state index in [4.69, 9.17) is 20.9 Å². The molecule has 1 aliphatic rings. The van der Waals surface area contributed by atoms with Crippen molar-refractivity contribution in [1.29, 1.82) is 0 Å². The molecule has 0 aromatic heterocycles. The molecule has 1 saturated heterocycles. The lowest BCUT2D eigenvalue weighted by molar-refractivity contribution is -0.139. The molecule has 4 nitrogen and oxygen atoms in total. The van der Waals surface area contributed by atoms with Crippen LogP contribution in [0.2, 0.25) is 5.02 Å². The molecule has 1 aromatic rings. The number of ether oxygens (including phenoxy) is 1. The lowest BCUT2D eigenvalue weighted by Crippen LogP contribution is -2.41. The highest BCUT2D eigenvalue weighted by molar-refractivity contribution is 6.65. The van der Waals surface area contributed by atoms with Gasteiger partial charge in [-0.1, -0.05) is 23.7 Å². The van der Waals surface area contributed by atoms with Crippen molar-refractivity contribution in [2.45, 2.75) is 45.3 Å². The van der Waals surface area contributed by atoms with Crippen LogP contribution in [0.4, 0.5) is 0 Å². The minimum atomic E-state index is -0.542. The molecule has 0 bridgehead atoms.